The Labute approximate surface area is 726 Å². The number of likely N-dealkylation sites (N-methyl/N-ethyl adjacent to an activating group) is 1. The summed E-state index contributed by atoms with van der Waals surface area (Å²) in [5, 5.41) is 42.3. The highest BCUT2D eigenvalue weighted by Gasteiger charge is 2.40. The van der Waals surface area contributed by atoms with Gasteiger partial charge in [-0.15, -0.1) is 0 Å². The Bertz CT molecular complexity index is 6140. The van der Waals surface area contributed by atoms with Crippen molar-refractivity contribution in [2.24, 2.45) is 5.92 Å². The quantitative estimate of drug-likeness (QED) is 0.0375. The molecule has 1 saturated carbocycles. The zero-order chi connectivity index (χ0) is 86.8. The van der Waals surface area contributed by atoms with E-state index in [9.17, 15) is 34.1 Å². The van der Waals surface area contributed by atoms with Crippen LogP contribution in [-0.4, -0.2) is 154 Å². The number of ether oxygens (including phenoxy) is 6. The lowest BCUT2D eigenvalue weighted by molar-refractivity contribution is 0.0516. The number of fused-ring (bicyclic) bond motifs is 9. The summed E-state index contributed by atoms with van der Waals surface area (Å²) in [7, 11) is 2.09. The van der Waals surface area contributed by atoms with Gasteiger partial charge in [-0.3, -0.25) is 29.7 Å². The number of aryl methyl sites for hydroxylation is 3. The Balaban J connectivity index is 0.000000138. The third-order valence-electron chi connectivity index (χ3n) is 24.8. The molecule has 9 heterocycles. The van der Waals surface area contributed by atoms with Gasteiger partial charge < -0.3 is 61.9 Å². The van der Waals surface area contributed by atoms with Crippen LogP contribution in [0, 0.1) is 32.5 Å². The zero-order valence-electron chi connectivity index (χ0n) is 72.1. The number of esters is 3. The number of carbonyl (C=O) groups is 3. The van der Waals surface area contributed by atoms with Crippen molar-refractivity contribution in [2.45, 2.75) is 144 Å². The van der Waals surface area contributed by atoms with E-state index in [0.29, 0.717) is 141 Å². The third kappa shape index (κ3) is 18.3. The van der Waals surface area contributed by atoms with E-state index >= 15 is 0 Å². The lowest BCUT2D eigenvalue weighted by Gasteiger charge is -2.39. The Morgan fingerprint density at radius 3 is 1.10 bits per heavy atom. The molecule has 0 spiro atoms. The van der Waals surface area contributed by atoms with Crippen molar-refractivity contribution in [3.05, 3.63) is 267 Å². The number of pyridine rings is 3. The average Bonchev–Trinajstić information content (AvgIpc) is 1.72. The molecule has 0 amide bonds. The predicted octanol–water partition coefficient (Wildman–Crippen LogP) is 21.3. The number of aromatic hydroxyl groups is 3. The van der Waals surface area contributed by atoms with Crippen LogP contribution in [0.4, 0.5) is 4.39 Å². The number of rotatable bonds is 24. The number of aromatic nitrogens is 3. The van der Waals surface area contributed by atoms with Gasteiger partial charge in [0.05, 0.1) is 44.6 Å². The van der Waals surface area contributed by atoms with E-state index < -0.39 is 23.9 Å². The Morgan fingerprint density at radius 2 is 0.744 bits per heavy atom. The van der Waals surface area contributed by atoms with E-state index in [1.807, 2.05) is 109 Å². The van der Waals surface area contributed by atoms with Crippen LogP contribution in [0.1, 0.15) is 202 Å². The van der Waals surface area contributed by atoms with Gasteiger partial charge in [-0.2, -0.15) is 0 Å². The van der Waals surface area contributed by atoms with Gasteiger partial charge in [0.2, 0.25) is 0 Å². The molecular formula is C102H108FN7O15. The van der Waals surface area contributed by atoms with Crippen LogP contribution in [0.5, 0.6) is 34.5 Å². The average molecular weight is 1690 g/mol. The van der Waals surface area contributed by atoms with Gasteiger partial charge in [-0.05, 0) is 250 Å². The molecule has 0 bridgehead atoms. The molecule has 0 radical (unpaired) electrons. The van der Waals surface area contributed by atoms with Crippen LogP contribution in [0.15, 0.2) is 196 Å². The molecule has 1 aliphatic carbocycles. The van der Waals surface area contributed by atoms with E-state index in [2.05, 4.69) is 41.6 Å². The molecule has 125 heavy (non-hydrogen) atoms. The van der Waals surface area contributed by atoms with Crippen LogP contribution < -0.4 is 14.2 Å². The van der Waals surface area contributed by atoms with Crippen molar-refractivity contribution >= 4 is 83.1 Å². The molecular weight excluding hydrogens is 1580 g/mol. The van der Waals surface area contributed by atoms with Crippen LogP contribution in [-0.2, 0) is 27.4 Å². The minimum atomic E-state index is -0.496. The molecule has 8 aromatic carbocycles. The normalized spacial score (nSPS) is 15.8. The molecule has 4 fully saturated rings. The number of hydrogen-bond acceptors (Lipinski definition) is 22. The summed E-state index contributed by atoms with van der Waals surface area (Å²) in [5.41, 5.74) is 9.38. The fourth-order valence-electron chi connectivity index (χ4n) is 18.7. The van der Waals surface area contributed by atoms with Crippen LogP contribution in [0.2, 0.25) is 0 Å². The summed E-state index contributed by atoms with van der Waals surface area (Å²) in [6.07, 6.45) is 23.4. The van der Waals surface area contributed by atoms with E-state index in [4.69, 9.17) is 41.7 Å². The number of benzene rings is 8. The molecule has 22 nitrogen and oxygen atoms in total. The first-order chi connectivity index (χ1) is 61.0. The largest absolute Gasteiger partial charge is 0.507 e. The molecule has 648 valence electrons. The summed E-state index contributed by atoms with van der Waals surface area (Å²) in [6, 6.07) is 43.8. The molecule has 14 aromatic rings. The minimum Gasteiger partial charge on any atom is -0.507 e. The van der Waals surface area contributed by atoms with Gasteiger partial charge >= 0.3 is 17.9 Å². The molecule has 4 aliphatic rings. The predicted molar refractivity (Wildman–Crippen MR) is 480 cm³/mol. The number of nitrogens with zero attached hydrogens (tertiary/aromatic N) is 7. The molecule has 23 heteroatoms. The minimum absolute atomic E-state index is 0.0434. The molecule has 18 rings (SSSR count). The molecule has 3 saturated heterocycles. The van der Waals surface area contributed by atoms with Gasteiger partial charge in [0.15, 0.2) is 0 Å². The smallest absolute Gasteiger partial charge is 0.342 e. The molecule has 3 atom stereocenters. The van der Waals surface area contributed by atoms with Crippen LogP contribution in [0.3, 0.4) is 0 Å². The maximum absolute atomic E-state index is 13.4. The first kappa shape index (κ1) is 86.1. The number of halogens is 1. The van der Waals surface area contributed by atoms with Crippen molar-refractivity contribution in [2.75, 3.05) is 85.8 Å². The van der Waals surface area contributed by atoms with Gasteiger partial charge in [-0.1, -0.05) is 74.6 Å². The summed E-state index contributed by atoms with van der Waals surface area (Å²) in [6.45, 7) is 19.4. The lowest BCUT2D eigenvalue weighted by atomic mass is 9.88. The van der Waals surface area contributed by atoms with Gasteiger partial charge in [-0.25, -0.2) is 18.8 Å². The lowest BCUT2D eigenvalue weighted by Crippen LogP contribution is -2.46. The van der Waals surface area contributed by atoms with E-state index in [1.54, 1.807) is 103 Å². The number of phenolic OH excluding ortho intramolecular Hbond substituents is 3. The molecule has 3 unspecified atom stereocenters. The van der Waals surface area contributed by atoms with E-state index in [-0.39, 0.29) is 61.6 Å². The first-order valence-corrected chi connectivity index (χ1v) is 43.9. The first-order valence-electron chi connectivity index (χ1n) is 43.9. The Morgan fingerprint density at radius 1 is 0.408 bits per heavy atom. The highest BCUT2D eigenvalue weighted by atomic mass is 19.1. The second-order valence-electron chi connectivity index (χ2n) is 32.9. The summed E-state index contributed by atoms with van der Waals surface area (Å²) >= 11 is 0. The number of furan rings is 3. The van der Waals surface area contributed by atoms with Crippen molar-refractivity contribution in [1.82, 2.24) is 34.6 Å². The molecule has 6 aromatic heterocycles. The van der Waals surface area contributed by atoms with Crippen LogP contribution >= 0.6 is 0 Å². The maximum Gasteiger partial charge on any atom is 0.342 e. The number of phenols is 3. The van der Waals surface area contributed by atoms with E-state index in [0.717, 1.165) is 117 Å². The second kappa shape index (κ2) is 39.2. The standard InChI is InChI=1S/C34H34FN3O5.C34H40N2O5.C34H34N2O5/c1-4-41-34(40)28-21(2)43-33-26-10-9-25(42-20-22-5-7-24(35)8-6-22)19-27(26)32(39)30(29(28)33)31(23-11-13-36-14-12-23)38-17-15-37(3)16-18-38;2*1-3-39-34(38)28-22(2)41-33-26-13-12-25(40-21-23-10-6-4-7-11-23)20-27(26)32(37)30(29(28)33)31(24-14-16-35-17-15-24)36-18-8-5-9-19-36/h5-14,19,31,39H,4,15-18,20H2,1-3H3;12-17,20,23,31,37H,3-11,18-19,21H2,1-2H3;4,6-7,10-17,20,31,37H,3,5,8-9,18-19,21H2,1-2H3. The van der Waals surface area contributed by atoms with Crippen LogP contribution in [0.25, 0.3) is 65.2 Å². The SMILES string of the molecule is CCOC(=O)c1c(C)oc2c1c(C(c1ccncc1)N1CCCCC1)c(O)c1cc(OCC3CCCCC3)ccc12.CCOC(=O)c1c(C)oc2c1c(C(c1ccncc1)N1CCCCC1)c(O)c1cc(OCc3ccccc3)ccc12.CCOC(=O)c1c(C)oc2c1c(C(c1ccncc1)N1CCN(C)CC1)c(O)c1cc(OCc3ccc(F)cc3)ccc12. The Hall–Kier alpha value is -12.4. The highest BCUT2D eigenvalue weighted by Crippen LogP contribution is 2.53. The fraction of sp³-hybridized carbons (Fsp3) is 0.353. The molecule has 3 aliphatic heterocycles. The van der Waals surface area contributed by atoms with Gasteiger partial charge in [0.25, 0.3) is 0 Å². The topological polar surface area (TPSA) is 258 Å². The number of likely N-dealkylation sites (tertiary alicyclic amines) is 2. The fourth-order valence-corrected chi connectivity index (χ4v) is 18.7. The number of carbonyl (C=O) groups excluding carboxylic acids is 3. The third-order valence-corrected chi connectivity index (χ3v) is 24.8. The highest BCUT2D eigenvalue weighted by molar-refractivity contribution is 6.20. The number of piperidine rings is 2. The summed E-state index contributed by atoms with van der Waals surface area (Å²) < 4.78 is 67.3. The maximum atomic E-state index is 13.4. The summed E-state index contributed by atoms with van der Waals surface area (Å²) in [4.78, 5) is 62.2. The second-order valence-corrected chi connectivity index (χ2v) is 32.9. The number of hydrogen-bond donors (Lipinski definition) is 3. The Kier molecular flexibility index (Phi) is 27.0. The van der Waals surface area contributed by atoms with Crippen molar-refractivity contribution < 1.29 is 75.8 Å². The van der Waals surface area contributed by atoms with Crippen molar-refractivity contribution in [3.63, 3.8) is 0 Å². The van der Waals surface area contributed by atoms with Crippen molar-refractivity contribution in [1.29, 1.82) is 0 Å². The monoisotopic (exact) mass is 1690 g/mol. The van der Waals surface area contributed by atoms with Crippen molar-refractivity contribution in [3.8, 4) is 34.5 Å². The van der Waals surface area contributed by atoms with Gasteiger partial charge in [0.1, 0.15) is 104 Å². The zero-order valence-corrected chi connectivity index (χ0v) is 72.1. The van der Waals surface area contributed by atoms with E-state index in [1.165, 1.54) is 57.1 Å². The number of piperazine rings is 1. The molecule has 3 N–H and O–H groups in total. The van der Waals surface area contributed by atoms with Gasteiger partial charge in [0, 0.05) is 129 Å². The summed E-state index contributed by atoms with van der Waals surface area (Å²) in [5.74, 6) is 2.43.